The second-order valence-corrected chi connectivity index (χ2v) is 7.69. The van der Waals surface area contributed by atoms with Crippen molar-refractivity contribution >= 4 is 35.5 Å². The largest absolute Gasteiger partial charge is 0.462 e. The molecule has 0 atom stereocenters. The van der Waals surface area contributed by atoms with Crippen LogP contribution < -0.4 is 5.43 Å². The number of nitrogens with one attached hydrogen (secondary N) is 1. The summed E-state index contributed by atoms with van der Waals surface area (Å²) in [4.78, 5) is 33.9. The topological polar surface area (TPSA) is 124 Å². The second kappa shape index (κ2) is 11.6. The van der Waals surface area contributed by atoms with Crippen molar-refractivity contribution < 1.29 is 23.7 Å². The van der Waals surface area contributed by atoms with Crippen LogP contribution in [0.15, 0.2) is 70.2 Å². The number of nitro groups is 1. The third kappa shape index (κ3) is 7.04. The van der Waals surface area contributed by atoms with E-state index >= 15 is 0 Å². The Hall–Kier alpha value is -3.92. The van der Waals surface area contributed by atoms with Gasteiger partial charge >= 0.3 is 5.97 Å². The van der Waals surface area contributed by atoms with Crippen molar-refractivity contribution in [3.8, 4) is 11.3 Å². The van der Waals surface area contributed by atoms with Crippen LogP contribution in [0.2, 0.25) is 0 Å². The minimum atomic E-state index is -0.452. The van der Waals surface area contributed by atoms with Gasteiger partial charge in [0, 0.05) is 23.4 Å². The van der Waals surface area contributed by atoms with E-state index in [1.807, 2.05) is 0 Å². The van der Waals surface area contributed by atoms with E-state index in [1.54, 1.807) is 55.5 Å². The zero-order valence-electron chi connectivity index (χ0n) is 17.7. The Morgan fingerprint density at radius 2 is 1.85 bits per heavy atom. The third-order valence-electron chi connectivity index (χ3n) is 4.34. The predicted molar refractivity (Wildman–Crippen MR) is 125 cm³/mol. The van der Waals surface area contributed by atoms with Gasteiger partial charge in [-0.1, -0.05) is 24.3 Å². The number of hydrazone groups is 1. The quantitative estimate of drug-likeness (QED) is 0.203. The molecule has 1 heterocycles. The van der Waals surface area contributed by atoms with Crippen LogP contribution in [-0.2, 0) is 15.3 Å². The lowest BCUT2D eigenvalue weighted by Crippen LogP contribution is -2.19. The molecule has 9 nitrogen and oxygen atoms in total. The fourth-order valence-electron chi connectivity index (χ4n) is 2.74. The molecule has 0 spiro atoms. The van der Waals surface area contributed by atoms with Crippen molar-refractivity contribution in [3.63, 3.8) is 0 Å². The fraction of sp³-hybridized carbons (Fsp3) is 0.174. The zero-order chi connectivity index (χ0) is 23.6. The van der Waals surface area contributed by atoms with Crippen molar-refractivity contribution in [3.05, 3.63) is 87.7 Å². The van der Waals surface area contributed by atoms with E-state index in [0.29, 0.717) is 29.4 Å². The number of amides is 1. The summed E-state index contributed by atoms with van der Waals surface area (Å²) in [6.45, 7) is 2.07. The number of thioether (sulfide) groups is 1. The number of ether oxygens (including phenoxy) is 1. The first-order valence-corrected chi connectivity index (χ1v) is 11.1. The lowest BCUT2D eigenvalue weighted by atomic mass is 10.1. The SMILES string of the molecule is CCOC(=O)c1ccc(-c2ccc(/C=N\NC(=O)CSCc3ccc([N+](=O)[O-])cc3)o2)cc1. The molecule has 3 rings (SSSR count). The molecule has 0 aliphatic rings. The molecule has 0 aliphatic carbocycles. The number of esters is 1. The first-order valence-electron chi connectivity index (χ1n) is 9.96. The Kier molecular flexibility index (Phi) is 8.36. The Morgan fingerprint density at radius 1 is 1.12 bits per heavy atom. The van der Waals surface area contributed by atoms with Crippen molar-refractivity contribution in [2.45, 2.75) is 12.7 Å². The summed E-state index contributed by atoms with van der Waals surface area (Å²) in [7, 11) is 0. The summed E-state index contributed by atoms with van der Waals surface area (Å²) in [6.07, 6.45) is 1.40. The first kappa shape index (κ1) is 23.7. The maximum absolute atomic E-state index is 11.9. The summed E-state index contributed by atoms with van der Waals surface area (Å²) in [5.74, 6) is 1.13. The number of nitro benzene ring substituents is 1. The Balaban J connectivity index is 1.44. The number of carbonyl (C=O) groups excluding carboxylic acids is 2. The zero-order valence-corrected chi connectivity index (χ0v) is 18.5. The molecule has 33 heavy (non-hydrogen) atoms. The summed E-state index contributed by atoms with van der Waals surface area (Å²) < 4.78 is 10.7. The van der Waals surface area contributed by atoms with E-state index in [1.165, 1.54) is 30.1 Å². The van der Waals surface area contributed by atoms with Gasteiger partial charge in [-0.15, -0.1) is 11.8 Å². The van der Waals surface area contributed by atoms with Crippen LogP contribution >= 0.6 is 11.8 Å². The molecular weight excluding hydrogens is 446 g/mol. The third-order valence-corrected chi connectivity index (χ3v) is 5.34. The molecule has 10 heteroatoms. The predicted octanol–water partition coefficient (Wildman–Crippen LogP) is 4.42. The average Bonchev–Trinajstić information content (AvgIpc) is 3.28. The van der Waals surface area contributed by atoms with E-state index in [0.717, 1.165) is 11.1 Å². The van der Waals surface area contributed by atoms with Gasteiger partial charge in [-0.05, 0) is 36.8 Å². The fourth-order valence-corrected chi connectivity index (χ4v) is 3.52. The highest BCUT2D eigenvalue weighted by Gasteiger charge is 2.09. The molecule has 1 aromatic heterocycles. The molecule has 0 bridgehead atoms. The number of nitrogens with zero attached hydrogens (tertiary/aromatic N) is 2. The summed E-state index contributed by atoms with van der Waals surface area (Å²) in [5, 5.41) is 14.6. The number of hydrogen-bond acceptors (Lipinski definition) is 8. The second-order valence-electron chi connectivity index (χ2n) is 6.71. The first-order chi connectivity index (χ1) is 16.0. The highest BCUT2D eigenvalue weighted by molar-refractivity contribution is 7.99. The number of non-ortho nitro benzene ring substituents is 1. The van der Waals surface area contributed by atoms with Gasteiger partial charge in [0.25, 0.3) is 5.69 Å². The van der Waals surface area contributed by atoms with Gasteiger partial charge in [0.2, 0.25) is 5.91 Å². The molecule has 1 amide bonds. The van der Waals surface area contributed by atoms with Gasteiger partial charge < -0.3 is 9.15 Å². The summed E-state index contributed by atoms with van der Waals surface area (Å²) in [6, 6.07) is 16.5. The molecule has 3 aromatic rings. The van der Waals surface area contributed by atoms with Gasteiger partial charge in [0.15, 0.2) is 0 Å². The lowest BCUT2D eigenvalue weighted by Gasteiger charge is -2.02. The normalized spacial score (nSPS) is 10.8. The maximum atomic E-state index is 11.9. The molecule has 0 unspecified atom stereocenters. The van der Waals surface area contributed by atoms with Crippen LogP contribution in [0.3, 0.4) is 0 Å². The highest BCUT2D eigenvalue weighted by Crippen LogP contribution is 2.22. The van der Waals surface area contributed by atoms with E-state index in [9.17, 15) is 19.7 Å². The smallest absolute Gasteiger partial charge is 0.338 e. The lowest BCUT2D eigenvalue weighted by molar-refractivity contribution is -0.384. The molecule has 0 saturated carbocycles. The van der Waals surface area contributed by atoms with Crippen LogP contribution in [0.25, 0.3) is 11.3 Å². The van der Waals surface area contributed by atoms with Crippen molar-refractivity contribution in [1.82, 2.24) is 5.43 Å². The molecule has 0 saturated heterocycles. The Labute approximate surface area is 194 Å². The molecule has 1 N–H and O–H groups in total. The van der Waals surface area contributed by atoms with E-state index in [-0.39, 0.29) is 23.3 Å². The summed E-state index contributed by atoms with van der Waals surface area (Å²) in [5.41, 5.74) is 4.60. The molecular formula is C23H21N3O6S. The maximum Gasteiger partial charge on any atom is 0.338 e. The number of hydrogen-bond donors (Lipinski definition) is 1. The van der Waals surface area contributed by atoms with Gasteiger partial charge in [-0.3, -0.25) is 14.9 Å². The number of benzene rings is 2. The molecule has 0 fully saturated rings. The van der Waals surface area contributed by atoms with Crippen molar-refractivity contribution in [2.75, 3.05) is 12.4 Å². The molecule has 170 valence electrons. The van der Waals surface area contributed by atoms with Crippen molar-refractivity contribution in [1.29, 1.82) is 0 Å². The van der Waals surface area contributed by atoms with E-state index in [2.05, 4.69) is 10.5 Å². The molecule has 0 aliphatic heterocycles. The van der Waals surface area contributed by atoms with E-state index in [4.69, 9.17) is 9.15 Å². The van der Waals surface area contributed by atoms with Crippen LogP contribution in [0, 0.1) is 10.1 Å². The highest BCUT2D eigenvalue weighted by atomic mass is 32.2. The van der Waals surface area contributed by atoms with Gasteiger partial charge in [-0.25, -0.2) is 10.2 Å². The van der Waals surface area contributed by atoms with Crippen LogP contribution in [0.5, 0.6) is 0 Å². The number of furan rings is 1. The van der Waals surface area contributed by atoms with Gasteiger partial charge in [0.05, 0.1) is 29.1 Å². The van der Waals surface area contributed by atoms with Crippen LogP contribution in [0.4, 0.5) is 5.69 Å². The molecule has 2 aromatic carbocycles. The van der Waals surface area contributed by atoms with Gasteiger partial charge in [0.1, 0.15) is 11.5 Å². The number of rotatable bonds is 10. The monoisotopic (exact) mass is 467 g/mol. The van der Waals surface area contributed by atoms with Crippen molar-refractivity contribution in [2.24, 2.45) is 5.10 Å². The Bertz CT molecular complexity index is 1140. The average molecular weight is 468 g/mol. The van der Waals surface area contributed by atoms with Gasteiger partial charge in [-0.2, -0.15) is 5.10 Å². The minimum Gasteiger partial charge on any atom is -0.462 e. The van der Waals surface area contributed by atoms with Crippen LogP contribution in [-0.4, -0.2) is 35.4 Å². The summed E-state index contributed by atoms with van der Waals surface area (Å²) >= 11 is 1.37. The van der Waals surface area contributed by atoms with Crippen LogP contribution in [0.1, 0.15) is 28.6 Å². The molecule has 0 radical (unpaired) electrons. The van der Waals surface area contributed by atoms with E-state index < -0.39 is 4.92 Å². The minimum absolute atomic E-state index is 0.0330. The number of carbonyl (C=O) groups is 2. The standard InChI is InChI=1S/C23H21N3O6S/c1-2-31-23(28)18-7-5-17(6-8-18)21-12-11-20(32-21)13-24-25-22(27)15-33-14-16-3-9-19(10-4-16)26(29)30/h3-13H,2,14-15H2,1H3,(H,25,27)/b24-13-. The Morgan fingerprint density at radius 3 is 2.52 bits per heavy atom.